The zero-order valence-corrected chi connectivity index (χ0v) is 13.0. The van der Waals surface area contributed by atoms with E-state index >= 15 is 0 Å². The van der Waals surface area contributed by atoms with Crippen molar-refractivity contribution in [3.8, 4) is 0 Å². The summed E-state index contributed by atoms with van der Waals surface area (Å²) in [6.45, 7) is 4.97. The van der Waals surface area contributed by atoms with Crippen molar-refractivity contribution in [1.82, 2.24) is 15.0 Å². The van der Waals surface area contributed by atoms with E-state index in [9.17, 15) is 4.79 Å². The van der Waals surface area contributed by atoms with E-state index < -0.39 is 0 Å². The molecule has 1 aliphatic heterocycles. The highest BCUT2D eigenvalue weighted by Crippen LogP contribution is 2.32. The van der Waals surface area contributed by atoms with Crippen molar-refractivity contribution in [2.75, 3.05) is 6.54 Å². The summed E-state index contributed by atoms with van der Waals surface area (Å²) in [6, 6.07) is 7.63. The van der Waals surface area contributed by atoms with Crippen LogP contribution >= 0.6 is 0 Å². The number of likely N-dealkylation sites (tertiary alicyclic amines) is 1. The standard InChI is InChI=1S/C17H21N3O2/c1-12(2)10-13-11-16(22-19-13)17(21)20-9-5-7-15(20)14-6-3-4-8-18-14/h3-4,6,8,11-12,15H,5,7,9-10H2,1-2H3. The molecule has 3 heterocycles. The minimum atomic E-state index is -0.0874. The van der Waals surface area contributed by atoms with E-state index in [1.807, 2.05) is 23.1 Å². The Balaban J connectivity index is 1.77. The van der Waals surface area contributed by atoms with Gasteiger partial charge in [0.15, 0.2) is 0 Å². The van der Waals surface area contributed by atoms with Crippen molar-refractivity contribution in [1.29, 1.82) is 0 Å². The fourth-order valence-corrected chi connectivity index (χ4v) is 2.96. The molecule has 0 spiro atoms. The maximum absolute atomic E-state index is 12.7. The molecular weight excluding hydrogens is 278 g/mol. The van der Waals surface area contributed by atoms with Crippen molar-refractivity contribution in [3.63, 3.8) is 0 Å². The number of hydrogen-bond donors (Lipinski definition) is 0. The lowest BCUT2D eigenvalue weighted by atomic mass is 10.1. The van der Waals surface area contributed by atoms with Gasteiger partial charge in [0.25, 0.3) is 5.91 Å². The molecule has 1 amide bonds. The van der Waals surface area contributed by atoms with Crippen molar-refractivity contribution >= 4 is 5.91 Å². The number of hydrogen-bond acceptors (Lipinski definition) is 4. The highest BCUT2D eigenvalue weighted by Gasteiger charge is 2.33. The zero-order chi connectivity index (χ0) is 15.5. The largest absolute Gasteiger partial charge is 0.351 e. The predicted molar refractivity (Wildman–Crippen MR) is 82.3 cm³/mol. The Hall–Kier alpha value is -2.17. The number of carbonyl (C=O) groups is 1. The van der Waals surface area contributed by atoms with Crippen LogP contribution in [0.1, 0.15) is 54.7 Å². The highest BCUT2D eigenvalue weighted by molar-refractivity contribution is 5.92. The summed E-state index contributed by atoms with van der Waals surface area (Å²) < 4.78 is 5.26. The van der Waals surface area contributed by atoms with Gasteiger partial charge in [-0.3, -0.25) is 9.78 Å². The average Bonchev–Trinajstić information content (AvgIpc) is 3.16. The smallest absolute Gasteiger partial charge is 0.293 e. The Kier molecular flexibility index (Phi) is 4.22. The van der Waals surface area contributed by atoms with Crippen LogP contribution in [0, 0.1) is 5.92 Å². The molecule has 5 nitrogen and oxygen atoms in total. The molecule has 1 aliphatic rings. The number of carbonyl (C=O) groups excluding carboxylic acids is 1. The van der Waals surface area contributed by atoms with Gasteiger partial charge < -0.3 is 9.42 Å². The Morgan fingerprint density at radius 1 is 1.45 bits per heavy atom. The zero-order valence-electron chi connectivity index (χ0n) is 13.0. The molecule has 22 heavy (non-hydrogen) atoms. The van der Waals surface area contributed by atoms with Gasteiger partial charge in [-0.15, -0.1) is 0 Å². The molecule has 2 aromatic heterocycles. The van der Waals surface area contributed by atoms with Gasteiger partial charge in [-0.25, -0.2) is 0 Å². The predicted octanol–water partition coefficient (Wildman–Crippen LogP) is 3.25. The number of amides is 1. The molecule has 0 bridgehead atoms. The summed E-state index contributed by atoms with van der Waals surface area (Å²) in [7, 11) is 0. The topological polar surface area (TPSA) is 59.2 Å². The number of rotatable bonds is 4. The van der Waals surface area contributed by atoms with Crippen molar-refractivity contribution in [2.24, 2.45) is 5.92 Å². The average molecular weight is 299 g/mol. The molecule has 0 radical (unpaired) electrons. The Bertz CT molecular complexity index is 636. The van der Waals surface area contributed by atoms with Gasteiger partial charge in [0.2, 0.25) is 5.76 Å². The van der Waals surface area contributed by atoms with Crippen LogP contribution in [0.2, 0.25) is 0 Å². The monoisotopic (exact) mass is 299 g/mol. The third kappa shape index (κ3) is 3.03. The molecule has 1 fully saturated rings. The highest BCUT2D eigenvalue weighted by atomic mass is 16.5. The summed E-state index contributed by atoms with van der Waals surface area (Å²) in [5.74, 6) is 0.732. The molecule has 1 saturated heterocycles. The molecular formula is C17H21N3O2. The van der Waals surface area contributed by atoms with Crippen LogP contribution in [0.25, 0.3) is 0 Å². The fourth-order valence-electron chi connectivity index (χ4n) is 2.96. The van der Waals surface area contributed by atoms with Crippen molar-refractivity contribution < 1.29 is 9.32 Å². The van der Waals surface area contributed by atoms with E-state index in [1.54, 1.807) is 12.3 Å². The molecule has 0 aromatic carbocycles. The van der Waals surface area contributed by atoms with Gasteiger partial charge in [-0.2, -0.15) is 0 Å². The molecule has 0 saturated carbocycles. The van der Waals surface area contributed by atoms with Crippen LogP contribution in [0.5, 0.6) is 0 Å². The molecule has 5 heteroatoms. The quantitative estimate of drug-likeness (QED) is 0.869. The maximum Gasteiger partial charge on any atom is 0.293 e. The molecule has 0 N–H and O–H groups in total. The Morgan fingerprint density at radius 3 is 3.05 bits per heavy atom. The second-order valence-corrected chi connectivity index (χ2v) is 6.19. The van der Waals surface area contributed by atoms with E-state index in [0.717, 1.165) is 37.2 Å². The fraction of sp³-hybridized carbons (Fsp3) is 0.471. The van der Waals surface area contributed by atoms with E-state index in [2.05, 4.69) is 24.0 Å². The first-order valence-corrected chi connectivity index (χ1v) is 7.82. The van der Waals surface area contributed by atoms with E-state index in [4.69, 9.17) is 4.52 Å². The summed E-state index contributed by atoms with van der Waals surface area (Å²) in [5.41, 5.74) is 1.78. The first kappa shape index (κ1) is 14.8. The summed E-state index contributed by atoms with van der Waals surface area (Å²) in [4.78, 5) is 18.9. The van der Waals surface area contributed by atoms with Crippen LogP contribution < -0.4 is 0 Å². The van der Waals surface area contributed by atoms with Gasteiger partial charge >= 0.3 is 0 Å². The lowest BCUT2D eigenvalue weighted by Crippen LogP contribution is -2.30. The molecule has 0 aliphatic carbocycles. The van der Waals surface area contributed by atoms with Crippen LogP contribution in [0.4, 0.5) is 0 Å². The van der Waals surface area contributed by atoms with Gasteiger partial charge in [-0.05, 0) is 37.3 Å². The van der Waals surface area contributed by atoms with Crippen LogP contribution in [0.15, 0.2) is 35.0 Å². The molecule has 1 unspecified atom stereocenters. The Morgan fingerprint density at radius 2 is 2.32 bits per heavy atom. The second-order valence-electron chi connectivity index (χ2n) is 6.19. The normalized spacial score (nSPS) is 18.1. The Labute approximate surface area is 130 Å². The number of nitrogens with zero attached hydrogens (tertiary/aromatic N) is 3. The maximum atomic E-state index is 12.7. The van der Waals surface area contributed by atoms with Gasteiger partial charge in [-0.1, -0.05) is 25.1 Å². The third-order valence-electron chi connectivity index (χ3n) is 3.93. The summed E-state index contributed by atoms with van der Waals surface area (Å²) in [6.07, 6.45) is 4.52. The second kappa shape index (κ2) is 6.30. The lowest BCUT2D eigenvalue weighted by molar-refractivity contribution is 0.0690. The minimum absolute atomic E-state index is 0.0346. The van der Waals surface area contributed by atoms with E-state index in [0.29, 0.717) is 11.7 Å². The van der Waals surface area contributed by atoms with Gasteiger partial charge in [0, 0.05) is 18.8 Å². The van der Waals surface area contributed by atoms with Crippen LogP contribution in [-0.2, 0) is 6.42 Å². The first-order valence-electron chi connectivity index (χ1n) is 7.82. The van der Waals surface area contributed by atoms with Crippen LogP contribution in [0.3, 0.4) is 0 Å². The summed E-state index contributed by atoms with van der Waals surface area (Å²) in [5, 5.41) is 4.01. The number of pyridine rings is 1. The third-order valence-corrected chi connectivity index (χ3v) is 3.93. The molecule has 1 atom stereocenters. The van der Waals surface area contributed by atoms with E-state index in [-0.39, 0.29) is 11.9 Å². The SMILES string of the molecule is CC(C)Cc1cc(C(=O)N2CCCC2c2ccccn2)on1. The minimum Gasteiger partial charge on any atom is -0.351 e. The van der Waals surface area contributed by atoms with Crippen LogP contribution in [-0.4, -0.2) is 27.5 Å². The molecule has 2 aromatic rings. The molecule has 116 valence electrons. The van der Waals surface area contributed by atoms with Gasteiger partial charge in [0.05, 0.1) is 17.4 Å². The lowest BCUT2D eigenvalue weighted by Gasteiger charge is -2.22. The van der Waals surface area contributed by atoms with E-state index in [1.165, 1.54) is 0 Å². The van der Waals surface area contributed by atoms with Crippen molar-refractivity contribution in [3.05, 3.63) is 47.6 Å². The number of aromatic nitrogens is 2. The molecule has 3 rings (SSSR count). The first-order chi connectivity index (χ1) is 10.6. The van der Waals surface area contributed by atoms with Crippen molar-refractivity contribution in [2.45, 2.75) is 39.2 Å². The summed E-state index contributed by atoms with van der Waals surface area (Å²) >= 11 is 0. The van der Waals surface area contributed by atoms with Gasteiger partial charge in [0.1, 0.15) is 0 Å².